The molecule has 0 radical (unpaired) electrons. The molecule has 1 fully saturated rings. The van der Waals surface area contributed by atoms with Gasteiger partial charge in [0, 0.05) is 31.7 Å². The van der Waals surface area contributed by atoms with Gasteiger partial charge in [-0.15, -0.1) is 0 Å². The maximum absolute atomic E-state index is 11.8. The lowest BCUT2D eigenvalue weighted by Gasteiger charge is -2.36. The zero-order valence-electron chi connectivity index (χ0n) is 12.5. The van der Waals surface area contributed by atoms with Gasteiger partial charge in [-0.2, -0.15) is 0 Å². The van der Waals surface area contributed by atoms with E-state index in [-0.39, 0.29) is 11.9 Å². The van der Waals surface area contributed by atoms with Crippen LogP contribution in [0.2, 0.25) is 0 Å². The van der Waals surface area contributed by atoms with Gasteiger partial charge in [-0.3, -0.25) is 9.69 Å². The number of hydrogen-bond acceptors (Lipinski definition) is 3. The predicted octanol–water partition coefficient (Wildman–Crippen LogP) is 1.78. The van der Waals surface area contributed by atoms with Gasteiger partial charge in [0.2, 0.25) is 5.91 Å². The van der Waals surface area contributed by atoms with Crippen molar-refractivity contribution >= 4 is 5.91 Å². The van der Waals surface area contributed by atoms with Crippen LogP contribution in [0.4, 0.5) is 0 Å². The molecule has 4 heteroatoms. The molecule has 1 atom stereocenters. The Labute approximate surface area is 130 Å². The Morgan fingerprint density at radius 1 is 1.00 bits per heavy atom. The average Bonchev–Trinajstić information content (AvgIpc) is 2.57. The Balaban J connectivity index is 2.07. The fourth-order valence-corrected chi connectivity index (χ4v) is 3.12. The van der Waals surface area contributed by atoms with Gasteiger partial charge in [0.1, 0.15) is 0 Å². The standard InChI is InChI=1S/C18H21N3O/c19-18(22)16-9-5-4-8-15(16)17(14-6-2-1-3-7-14)21-12-10-20-11-13-21/h1-9,17,20H,10-13H2,(H2,19,22). The zero-order chi connectivity index (χ0) is 15.4. The lowest BCUT2D eigenvalue weighted by molar-refractivity contribution is 0.0996. The second-order valence-electron chi connectivity index (χ2n) is 5.55. The molecule has 2 aromatic carbocycles. The van der Waals surface area contributed by atoms with E-state index in [0.717, 1.165) is 31.7 Å². The number of carbonyl (C=O) groups excluding carboxylic acids is 1. The number of carbonyl (C=O) groups is 1. The van der Waals surface area contributed by atoms with Crippen LogP contribution in [0.25, 0.3) is 0 Å². The average molecular weight is 295 g/mol. The molecule has 114 valence electrons. The van der Waals surface area contributed by atoms with E-state index in [1.165, 1.54) is 5.56 Å². The molecule has 0 aromatic heterocycles. The molecule has 1 heterocycles. The van der Waals surface area contributed by atoms with E-state index in [9.17, 15) is 4.79 Å². The lowest BCUT2D eigenvalue weighted by atomic mass is 9.92. The minimum absolute atomic E-state index is 0.0620. The van der Waals surface area contributed by atoms with E-state index in [1.807, 2.05) is 42.5 Å². The third kappa shape index (κ3) is 3.03. The molecule has 0 saturated carbocycles. The largest absolute Gasteiger partial charge is 0.366 e. The van der Waals surface area contributed by atoms with Crippen LogP contribution in [0.1, 0.15) is 27.5 Å². The van der Waals surface area contributed by atoms with Crippen molar-refractivity contribution in [3.8, 4) is 0 Å². The minimum atomic E-state index is -0.369. The smallest absolute Gasteiger partial charge is 0.249 e. The summed E-state index contributed by atoms with van der Waals surface area (Å²) in [7, 11) is 0. The molecular weight excluding hydrogens is 274 g/mol. The third-order valence-electron chi connectivity index (χ3n) is 4.15. The molecule has 0 aliphatic carbocycles. The molecule has 1 amide bonds. The van der Waals surface area contributed by atoms with Gasteiger partial charge in [0.05, 0.1) is 6.04 Å². The molecule has 1 aliphatic rings. The number of nitrogens with one attached hydrogen (secondary N) is 1. The number of hydrogen-bond donors (Lipinski definition) is 2. The maximum atomic E-state index is 11.8. The van der Waals surface area contributed by atoms with Gasteiger partial charge in [0.15, 0.2) is 0 Å². The van der Waals surface area contributed by atoms with Crippen LogP contribution in [-0.2, 0) is 0 Å². The van der Waals surface area contributed by atoms with E-state index >= 15 is 0 Å². The lowest BCUT2D eigenvalue weighted by Crippen LogP contribution is -2.45. The number of piperazine rings is 1. The molecule has 0 spiro atoms. The SMILES string of the molecule is NC(=O)c1ccccc1C(c1ccccc1)N1CCNCC1. The van der Waals surface area contributed by atoms with Gasteiger partial charge in [-0.1, -0.05) is 48.5 Å². The molecule has 3 N–H and O–H groups in total. The van der Waals surface area contributed by atoms with Crippen LogP contribution >= 0.6 is 0 Å². The van der Waals surface area contributed by atoms with E-state index in [4.69, 9.17) is 5.73 Å². The molecule has 22 heavy (non-hydrogen) atoms. The molecule has 0 bridgehead atoms. The summed E-state index contributed by atoms with van der Waals surface area (Å²) in [5, 5.41) is 3.38. The van der Waals surface area contributed by atoms with Crippen LogP contribution in [0, 0.1) is 0 Å². The van der Waals surface area contributed by atoms with Crippen molar-refractivity contribution in [2.75, 3.05) is 26.2 Å². The summed E-state index contributed by atoms with van der Waals surface area (Å²) in [5.74, 6) is -0.369. The van der Waals surface area contributed by atoms with Crippen molar-refractivity contribution < 1.29 is 4.79 Å². The fraction of sp³-hybridized carbons (Fsp3) is 0.278. The summed E-state index contributed by atoms with van der Waals surface area (Å²) >= 11 is 0. The van der Waals surface area contributed by atoms with E-state index in [1.54, 1.807) is 0 Å². The maximum Gasteiger partial charge on any atom is 0.249 e. The van der Waals surface area contributed by atoms with Crippen molar-refractivity contribution in [1.29, 1.82) is 0 Å². The van der Waals surface area contributed by atoms with Gasteiger partial charge in [-0.05, 0) is 17.2 Å². The predicted molar refractivity (Wildman–Crippen MR) is 87.7 cm³/mol. The summed E-state index contributed by atoms with van der Waals surface area (Å²) in [6, 6.07) is 18.0. The Morgan fingerprint density at radius 3 is 2.32 bits per heavy atom. The van der Waals surface area contributed by atoms with Crippen LogP contribution in [0.3, 0.4) is 0 Å². The van der Waals surface area contributed by atoms with Crippen molar-refractivity contribution in [2.45, 2.75) is 6.04 Å². The minimum Gasteiger partial charge on any atom is -0.366 e. The molecular formula is C18H21N3O. The Morgan fingerprint density at radius 2 is 1.64 bits per heavy atom. The summed E-state index contributed by atoms with van der Waals surface area (Å²) in [4.78, 5) is 14.2. The van der Waals surface area contributed by atoms with Gasteiger partial charge >= 0.3 is 0 Å². The van der Waals surface area contributed by atoms with Crippen LogP contribution in [0.15, 0.2) is 54.6 Å². The molecule has 1 saturated heterocycles. The molecule has 2 aromatic rings. The first-order chi connectivity index (χ1) is 10.8. The Bertz CT molecular complexity index is 636. The van der Waals surface area contributed by atoms with Crippen LogP contribution < -0.4 is 11.1 Å². The topological polar surface area (TPSA) is 58.4 Å². The molecule has 4 nitrogen and oxygen atoms in total. The third-order valence-corrected chi connectivity index (χ3v) is 4.15. The van der Waals surface area contributed by atoms with Crippen molar-refractivity contribution in [3.63, 3.8) is 0 Å². The highest BCUT2D eigenvalue weighted by molar-refractivity contribution is 5.94. The first-order valence-corrected chi connectivity index (χ1v) is 7.66. The number of amides is 1. The van der Waals surface area contributed by atoms with Crippen LogP contribution in [-0.4, -0.2) is 37.0 Å². The number of nitrogens with two attached hydrogens (primary N) is 1. The molecule has 1 unspecified atom stereocenters. The second-order valence-corrected chi connectivity index (χ2v) is 5.55. The normalized spacial score (nSPS) is 17.1. The summed E-state index contributed by atoms with van der Waals surface area (Å²) in [6.45, 7) is 3.82. The summed E-state index contributed by atoms with van der Waals surface area (Å²) in [5.41, 5.74) is 8.38. The highest BCUT2D eigenvalue weighted by Crippen LogP contribution is 2.31. The molecule has 3 rings (SSSR count). The number of nitrogens with zero attached hydrogens (tertiary/aromatic N) is 1. The Kier molecular flexibility index (Phi) is 4.51. The van der Waals surface area contributed by atoms with Crippen LogP contribution in [0.5, 0.6) is 0 Å². The Hall–Kier alpha value is -2.17. The van der Waals surface area contributed by atoms with Crippen molar-refractivity contribution in [3.05, 3.63) is 71.3 Å². The highest BCUT2D eigenvalue weighted by Gasteiger charge is 2.26. The quantitative estimate of drug-likeness (QED) is 0.904. The van der Waals surface area contributed by atoms with Gasteiger partial charge in [0.25, 0.3) is 0 Å². The summed E-state index contributed by atoms with van der Waals surface area (Å²) < 4.78 is 0. The van der Waals surface area contributed by atoms with Crippen molar-refractivity contribution in [1.82, 2.24) is 10.2 Å². The van der Waals surface area contributed by atoms with Gasteiger partial charge in [-0.25, -0.2) is 0 Å². The number of rotatable bonds is 4. The van der Waals surface area contributed by atoms with E-state index < -0.39 is 0 Å². The summed E-state index contributed by atoms with van der Waals surface area (Å²) in [6.07, 6.45) is 0. The second kappa shape index (κ2) is 6.73. The van der Waals surface area contributed by atoms with Crippen molar-refractivity contribution in [2.24, 2.45) is 5.73 Å². The van der Waals surface area contributed by atoms with E-state index in [0.29, 0.717) is 5.56 Å². The first kappa shape index (κ1) is 14.8. The number of benzene rings is 2. The highest BCUT2D eigenvalue weighted by atomic mass is 16.1. The number of primary amides is 1. The van der Waals surface area contributed by atoms with Gasteiger partial charge < -0.3 is 11.1 Å². The first-order valence-electron chi connectivity index (χ1n) is 7.66. The monoisotopic (exact) mass is 295 g/mol. The molecule has 1 aliphatic heterocycles. The fourth-order valence-electron chi connectivity index (χ4n) is 3.12. The zero-order valence-corrected chi connectivity index (χ0v) is 12.5. The van der Waals surface area contributed by atoms with E-state index in [2.05, 4.69) is 22.3 Å².